The minimum atomic E-state index is 0.145. The van der Waals surface area contributed by atoms with Gasteiger partial charge in [0.25, 0.3) is 0 Å². The first-order valence-corrected chi connectivity index (χ1v) is 8.37. The van der Waals surface area contributed by atoms with Gasteiger partial charge in [-0.15, -0.1) is 0 Å². The van der Waals surface area contributed by atoms with Gasteiger partial charge < -0.3 is 14.2 Å². The Morgan fingerprint density at radius 3 is 2.82 bits per heavy atom. The van der Waals surface area contributed by atoms with Crippen LogP contribution in [-0.4, -0.2) is 29.6 Å². The van der Waals surface area contributed by atoms with Crippen LogP contribution in [0, 0.1) is 5.92 Å². The molecule has 2 aromatic rings. The Labute approximate surface area is 136 Å². The van der Waals surface area contributed by atoms with Crippen LogP contribution in [0.4, 0.5) is 0 Å². The molecule has 1 fully saturated rings. The van der Waals surface area contributed by atoms with Crippen molar-refractivity contribution in [2.45, 2.75) is 25.5 Å². The van der Waals surface area contributed by atoms with Crippen molar-refractivity contribution in [1.29, 1.82) is 0 Å². The van der Waals surface area contributed by atoms with E-state index < -0.39 is 0 Å². The number of hydrogen-bond acceptors (Lipinski definition) is 2. The number of likely N-dealkylation sites (tertiary alicyclic amines) is 1. The van der Waals surface area contributed by atoms with Gasteiger partial charge in [-0.3, -0.25) is 0 Å². The highest BCUT2D eigenvalue weighted by Crippen LogP contribution is 2.39. The second-order valence-electron chi connectivity index (χ2n) is 6.49. The number of nitrogens with zero attached hydrogens (tertiary/aromatic N) is 2. The average Bonchev–Trinajstić information content (AvgIpc) is 2.90. The van der Waals surface area contributed by atoms with E-state index in [1.54, 1.807) is 0 Å². The Kier molecular flexibility index (Phi) is 3.63. The fourth-order valence-corrected chi connectivity index (χ4v) is 3.86. The molecule has 4 rings (SSSR count). The van der Waals surface area contributed by atoms with Crippen molar-refractivity contribution >= 4 is 11.6 Å². The summed E-state index contributed by atoms with van der Waals surface area (Å²) in [5, 5.41) is 0.772. The van der Waals surface area contributed by atoms with E-state index in [2.05, 4.69) is 34.8 Å². The molecule has 1 aromatic heterocycles. The predicted molar refractivity (Wildman–Crippen MR) is 88.6 cm³/mol. The van der Waals surface area contributed by atoms with Gasteiger partial charge in [0.05, 0.1) is 12.2 Å². The molecule has 2 aliphatic rings. The molecule has 0 amide bonds. The topological polar surface area (TPSA) is 17.4 Å². The molecule has 4 heteroatoms. The van der Waals surface area contributed by atoms with Gasteiger partial charge in [-0.2, -0.15) is 0 Å². The highest BCUT2D eigenvalue weighted by Gasteiger charge is 2.32. The maximum Gasteiger partial charge on any atom is 0.141 e. The molecule has 0 N–H and O–H groups in total. The zero-order chi connectivity index (χ0) is 15.1. The van der Waals surface area contributed by atoms with Crippen LogP contribution in [0.5, 0.6) is 5.75 Å². The Bertz CT molecular complexity index is 673. The summed E-state index contributed by atoms with van der Waals surface area (Å²) in [4.78, 5) is 2.40. The first-order valence-electron chi connectivity index (χ1n) is 7.99. The molecule has 0 radical (unpaired) electrons. The van der Waals surface area contributed by atoms with Crippen LogP contribution in [0.1, 0.15) is 30.2 Å². The molecule has 22 heavy (non-hydrogen) atoms. The summed E-state index contributed by atoms with van der Waals surface area (Å²) in [5.74, 6) is 1.56. The zero-order valence-corrected chi connectivity index (χ0v) is 13.6. The fraction of sp³-hybridized carbons (Fsp3) is 0.444. The summed E-state index contributed by atoms with van der Waals surface area (Å²) in [5.41, 5.74) is 2.46. The number of rotatable bonds is 1. The second kappa shape index (κ2) is 5.64. The number of piperidine rings is 1. The van der Waals surface area contributed by atoms with Gasteiger partial charge in [0.15, 0.2) is 0 Å². The summed E-state index contributed by atoms with van der Waals surface area (Å²) in [6.07, 6.45) is 4.67. The van der Waals surface area contributed by atoms with Crippen molar-refractivity contribution in [2.75, 3.05) is 20.1 Å². The lowest BCUT2D eigenvalue weighted by Crippen LogP contribution is -2.34. The molecule has 0 bridgehead atoms. The van der Waals surface area contributed by atoms with Crippen LogP contribution in [0.25, 0.3) is 0 Å². The van der Waals surface area contributed by atoms with Crippen LogP contribution in [-0.2, 0) is 6.54 Å². The van der Waals surface area contributed by atoms with E-state index in [-0.39, 0.29) is 6.10 Å². The van der Waals surface area contributed by atoms with E-state index in [1.165, 1.54) is 24.1 Å². The average molecular weight is 317 g/mol. The molecule has 3 nitrogen and oxygen atoms in total. The second-order valence-corrected chi connectivity index (χ2v) is 6.93. The van der Waals surface area contributed by atoms with Crippen LogP contribution in [0.15, 0.2) is 36.5 Å². The maximum atomic E-state index is 6.47. The third kappa shape index (κ3) is 2.53. The zero-order valence-electron chi connectivity index (χ0n) is 12.8. The fourth-order valence-electron chi connectivity index (χ4n) is 3.67. The van der Waals surface area contributed by atoms with E-state index in [0.29, 0.717) is 5.92 Å². The van der Waals surface area contributed by atoms with Gasteiger partial charge in [0.1, 0.15) is 11.9 Å². The van der Waals surface area contributed by atoms with Gasteiger partial charge in [-0.05, 0) is 63.3 Å². The quantitative estimate of drug-likeness (QED) is 0.792. The number of aromatic nitrogens is 1. The van der Waals surface area contributed by atoms with E-state index in [0.717, 1.165) is 30.4 Å². The first kappa shape index (κ1) is 14.2. The number of hydrogen-bond donors (Lipinski definition) is 0. The van der Waals surface area contributed by atoms with Crippen molar-refractivity contribution in [3.63, 3.8) is 0 Å². The van der Waals surface area contributed by atoms with Crippen molar-refractivity contribution < 1.29 is 4.74 Å². The van der Waals surface area contributed by atoms with Crippen molar-refractivity contribution in [2.24, 2.45) is 5.92 Å². The normalized spacial score (nSPS) is 22.5. The number of halogens is 1. The summed E-state index contributed by atoms with van der Waals surface area (Å²) < 4.78 is 8.78. The minimum absolute atomic E-state index is 0.145. The largest absolute Gasteiger partial charge is 0.484 e. The smallest absolute Gasteiger partial charge is 0.141 e. The molecule has 1 unspecified atom stereocenters. The summed E-state index contributed by atoms with van der Waals surface area (Å²) in [6, 6.07) is 10.3. The molecular formula is C18H21ClN2O. The Hall–Kier alpha value is -1.45. The standard InChI is InChI=1S/C18H21ClN2O/c1-20-9-6-13(7-10-20)18-16-3-2-8-21(16)12-14-11-15(19)4-5-17(14)22-18/h2-5,8,11,13,18H,6-7,9-10,12H2,1H3. The first-order chi connectivity index (χ1) is 10.7. The number of ether oxygens (including phenoxy) is 1. The number of benzene rings is 1. The molecule has 0 aliphatic carbocycles. The molecule has 0 spiro atoms. The molecular weight excluding hydrogens is 296 g/mol. The molecule has 1 aromatic carbocycles. The third-order valence-electron chi connectivity index (χ3n) is 4.96. The van der Waals surface area contributed by atoms with Gasteiger partial charge in [-0.25, -0.2) is 0 Å². The van der Waals surface area contributed by atoms with Crippen molar-refractivity contribution in [3.05, 3.63) is 52.8 Å². The van der Waals surface area contributed by atoms with Crippen LogP contribution >= 0.6 is 11.6 Å². The highest BCUT2D eigenvalue weighted by molar-refractivity contribution is 6.30. The highest BCUT2D eigenvalue weighted by atomic mass is 35.5. The van der Waals surface area contributed by atoms with E-state index >= 15 is 0 Å². The van der Waals surface area contributed by atoms with Crippen LogP contribution in [0.2, 0.25) is 5.02 Å². The lowest BCUT2D eigenvalue weighted by Gasteiger charge is -2.34. The maximum absolute atomic E-state index is 6.47. The van der Waals surface area contributed by atoms with E-state index in [1.807, 2.05) is 18.2 Å². The van der Waals surface area contributed by atoms with Crippen molar-refractivity contribution in [1.82, 2.24) is 9.47 Å². The molecule has 2 aliphatic heterocycles. The summed E-state index contributed by atoms with van der Waals surface area (Å²) in [6.45, 7) is 3.14. The molecule has 3 heterocycles. The minimum Gasteiger partial charge on any atom is -0.484 e. The molecule has 0 saturated carbocycles. The third-order valence-corrected chi connectivity index (χ3v) is 5.20. The van der Waals surface area contributed by atoms with E-state index in [4.69, 9.17) is 16.3 Å². The lowest BCUT2D eigenvalue weighted by atomic mass is 9.89. The molecule has 116 valence electrons. The monoisotopic (exact) mass is 316 g/mol. The Morgan fingerprint density at radius 2 is 2.00 bits per heavy atom. The molecule has 1 atom stereocenters. The van der Waals surface area contributed by atoms with Crippen LogP contribution < -0.4 is 4.74 Å². The van der Waals surface area contributed by atoms with Gasteiger partial charge in [0, 0.05) is 22.7 Å². The van der Waals surface area contributed by atoms with Crippen LogP contribution in [0.3, 0.4) is 0 Å². The lowest BCUT2D eigenvalue weighted by molar-refractivity contribution is 0.0823. The van der Waals surface area contributed by atoms with Gasteiger partial charge in [-0.1, -0.05) is 11.6 Å². The molecule has 1 saturated heterocycles. The van der Waals surface area contributed by atoms with Gasteiger partial charge >= 0.3 is 0 Å². The Morgan fingerprint density at radius 1 is 1.18 bits per heavy atom. The summed E-state index contributed by atoms with van der Waals surface area (Å²) in [7, 11) is 2.20. The van der Waals surface area contributed by atoms with Crippen molar-refractivity contribution in [3.8, 4) is 5.75 Å². The Balaban J connectivity index is 1.71. The number of fused-ring (bicyclic) bond motifs is 2. The SMILES string of the molecule is CN1CCC(C2Oc3ccc(Cl)cc3Cn3cccc32)CC1. The predicted octanol–water partition coefficient (Wildman–Crippen LogP) is 3.97. The summed E-state index contributed by atoms with van der Waals surface area (Å²) >= 11 is 6.16. The van der Waals surface area contributed by atoms with Gasteiger partial charge in [0.2, 0.25) is 0 Å². The van der Waals surface area contributed by atoms with E-state index in [9.17, 15) is 0 Å².